The van der Waals surface area contributed by atoms with Gasteiger partial charge in [0, 0.05) is 10.6 Å². The fraction of sp³-hybridized carbons (Fsp3) is 0.263. The van der Waals surface area contributed by atoms with Gasteiger partial charge in [0.15, 0.2) is 0 Å². The number of hydrogen-bond donors (Lipinski definition) is 1. The molecule has 0 saturated carbocycles. The molecular weight excluding hydrogens is 338 g/mol. The van der Waals surface area contributed by atoms with Crippen molar-refractivity contribution in [3.05, 3.63) is 65.2 Å². The molecule has 0 aliphatic carbocycles. The summed E-state index contributed by atoms with van der Waals surface area (Å²) in [5.74, 6) is 0.502. The van der Waals surface area contributed by atoms with E-state index >= 15 is 0 Å². The van der Waals surface area contributed by atoms with Crippen molar-refractivity contribution in [2.24, 2.45) is 0 Å². The summed E-state index contributed by atoms with van der Waals surface area (Å²) in [5, 5.41) is 2.92. The zero-order valence-corrected chi connectivity index (χ0v) is 14.7. The summed E-state index contributed by atoms with van der Waals surface area (Å²) in [7, 11) is 1.36. The number of carbonyl (C=O) groups is 2. The van der Waals surface area contributed by atoms with E-state index in [4.69, 9.17) is 9.47 Å². The predicted molar refractivity (Wildman–Crippen MR) is 95.6 cm³/mol. The number of ether oxygens (including phenoxy) is 2. The molecule has 0 fully saturated rings. The molecule has 1 amide bonds. The van der Waals surface area contributed by atoms with Crippen molar-refractivity contribution in [2.45, 2.75) is 24.0 Å². The van der Waals surface area contributed by atoms with Gasteiger partial charge in [-0.1, -0.05) is 36.4 Å². The van der Waals surface area contributed by atoms with E-state index in [1.54, 1.807) is 17.8 Å². The maximum Gasteiger partial charge on any atom is 0.407 e. The van der Waals surface area contributed by atoms with Gasteiger partial charge in [0.25, 0.3) is 0 Å². The zero-order valence-electron chi connectivity index (χ0n) is 13.9. The van der Waals surface area contributed by atoms with Crippen LogP contribution >= 0.6 is 11.8 Å². The first-order valence-electron chi connectivity index (χ1n) is 7.99. The largest absolute Gasteiger partial charge is 0.465 e. The van der Waals surface area contributed by atoms with Gasteiger partial charge in [-0.3, -0.25) is 0 Å². The van der Waals surface area contributed by atoms with Crippen LogP contribution in [0.5, 0.6) is 0 Å². The second kappa shape index (κ2) is 8.07. The Morgan fingerprint density at radius 3 is 2.76 bits per heavy atom. The van der Waals surface area contributed by atoms with Crippen LogP contribution in [0.1, 0.15) is 33.9 Å². The van der Waals surface area contributed by atoms with E-state index in [0.29, 0.717) is 5.56 Å². The van der Waals surface area contributed by atoms with E-state index in [1.165, 1.54) is 7.11 Å². The van der Waals surface area contributed by atoms with Gasteiger partial charge < -0.3 is 14.8 Å². The zero-order chi connectivity index (χ0) is 17.6. The molecule has 25 heavy (non-hydrogen) atoms. The van der Waals surface area contributed by atoms with Crippen LogP contribution in [0.25, 0.3) is 0 Å². The number of alkyl carbamates (subject to hydrolysis) is 1. The number of methoxy groups -OCH3 is 1. The lowest BCUT2D eigenvalue weighted by Gasteiger charge is -2.26. The van der Waals surface area contributed by atoms with Gasteiger partial charge in [-0.05, 0) is 29.7 Å². The van der Waals surface area contributed by atoms with Crippen LogP contribution in [0.2, 0.25) is 0 Å². The summed E-state index contributed by atoms with van der Waals surface area (Å²) in [6, 6.07) is 14.8. The Bertz CT molecular complexity index is 763. The molecule has 0 radical (unpaired) electrons. The van der Waals surface area contributed by atoms with Gasteiger partial charge in [-0.2, -0.15) is 0 Å². The molecule has 1 N–H and O–H groups in total. The molecule has 0 bridgehead atoms. The second-order valence-corrected chi connectivity index (χ2v) is 6.78. The van der Waals surface area contributed by atoms with E-state index in [2.05, 4.69) is 5.32 Å². The lowest BCUT2D eigenvalue weighted by atomic mass is 10.0. The monoisotopic (exact) mass is 357 g/mol. The number of thioether (sulfide) groups is 1. The average molecular weight is 357 g/mol. The van der Waals surface area contributed by atoms with E-state index in [0.717, 1.165) is 28.2 Å². The van der Waals surface area contributed by atoms with E-state index in [-0.39, 0.29) is 18.6 Å². The van der Waals surface area contributed by atoms with Crippen LogP contribution in [0.4, 0.5) is 4.79 Å². The molecule has 0 spiro atoms. The summed E-state index contributed by atoms with van der Waals surface area (Å²) >= 11 is 1.67. The second-order valence-electron chi connectivity index (χ2n) is 5.64. The minimum absolute atomic E-state index is 0.119. The average Bonchev–Trinajstić information content (AvgIpc) is 2.66. The number of benzene rings is 2. The van der Waals surface area contributed by atoms with Crippen LogP contribution in [-0.4, -0.2) is 24.9 Å². The van der Waals surface area contributed by atoms with Gasteiger partial charge >= 0.3 is 12.1 Å². The van der Waals surface area contributed by atoms with Crippen molar-refractivity contribution in [2.75, 3.05) is 12.9 Å². The van der Waals surface area contributed by atoms with Crippen molar-refractivity contribution >= 4 is 23.8 Å². The molecule has 130 valence electrons. The Morgan fingerprint density at radius 1 is 1.20 bits per heavy atom. The molecule has 5 nitrogen and oxygen atoms in total. The highest BCUT2D eigenvalue weighted by Gasteiger charge is 2.24. The molecule has 1 aliphatic rings. The Balaban J connectivity index is 1.64. The molecule has 3 rings (SSSR count). The topological polar surface area (TPSA) is 64.6 Å². The lowest BCUT2D eigenvalue weighted by molar-refractivity contribution is 0.0600. The van der Waals surface area contributed by atoms with Gasteiger partial charge in [0.05, 0.1) is 18.7 Å². The van der Waals surface area contributed by atoms with Gasteiger partial charge in [-0.15, -0.1) is 11.8 Å². The number of fused-ring (bicyclic) bond motifs is 1. The van der Waals surface area contributed by atoms with Gasteiger partial charge in [0.2, 0.25) is 0 Å². The Labute approximate surface area is 150 Å². The Morgan fingerprint density at radius 2 is 2.00 bits per heavy atom. The third kappa shape index (κ3) is 4.33. The summed E-state index contributed by atoms with van der Waals surface area (Å²) in [5.41, 5.74) is 2.46. The van der Waals surface area contributed by atoms with Crippen LogP contribution in [-0.2, 0) is 16.1 Å². The lowest BCUT2D eigenvalue weighted by Crippen LogP contribution is -2.31. The molecule has 1 atom stereocenters. The van der Waals surface area contributed by atoms with Crippen LogP contribution < -0.4 is 5.32 Å². The number of hydrogen-bond acceptors (Lipinski definition) is 5. The Kier molecular flexibility index (Phi) is 5.60. The Hall–Kier alpha value is -2.47. The van der Waals surface area contributed by atoms with E-state index < -0.39 is 6.09 Å². The van der Waals surface area contributed by atoms with Crippen LogP contribution in [0.3, 0.4) is 0 Å². The van der Waals surface area contributed by atoms with Gasteiger partial charge in [-0.25, -0.2) is 9.59 Å². The number of carbonyl (C=O) groups excluding carboxylic acids is 2. The highest BCUT2D eigenvalue weighted by atomic mass is 32.2. The highest BCUT2D eigenvalue weighted by molar-refractivity contribution is 7.99. The summed E-state index contributed by atoms with van der Waals surface area (Å²) in [6.45, 7) is 0.238. The summed E-state index contributed by atoms with van der Waals surface area (Å²) < 4.78 is 10.0. The SMILES string of the molecule is COC(=O)c1ccc2c(c1)SCC[C@@H]2NC(=O)OCc1ccccc1. The van der Waals surface area contributed by atoms with Crippen LogP contribution in [0, 0.1) is 0 Å². The van der Waals surface area contributed by atoms with Crippen molar-refractivity contribution in [1.29, 1.82) is 0 Å². The van der Waals surface area contributed by atoms with E-state index in [9.17, 15) is 9.59 Å². The first kappa shape index (κ1) is 17.4. The van der Waals surface area contributed by atoms with Crippen LogP contribution in [0.15, 0.2) is 53.4 Å². The molecule has 0 unspecified atom stereocenters. The third-order valence-corrected chi connectivity index (χ3v) is 5.08. The number of nitrogens with one attached hydrogen (secondary N) is 1. The minimum atomic E-state index is -0.441. The quantitative estimate of drug-likeness (QED) is 0.840. The molecule has 0 aromatic heterocycles. The van der Waals surface area contributed by atoms with Gasteiger partial charge in [0.1, 0.15) is 6.61 Å². The van der Waals surface area contributed by atoms with Crippen molar-refractivity contribution < 1.29 is 19.1 Å². The summed E-state index contributed by atoms with van der Waals surface area (Å²) in [6.07, 6.45) is 0.374. The predicted octanol–water partition coefficient (Wildman–Crippen LogP) is 3.94. The number of amides is 1. The molecule has 0 saturated heterocycles. The van der Waals surface area contributed by atoms with Crippen molar-refractivity contribution in [3.63, 3.8) is 0 Å². The summed E-state index contributed by atoms with van der Waals surface area (Å²) in [4.78, 5) is 24.7. The fourth-order valence-corrected chi connectivity index (χ4v) is 3.85. The maximum atomic E-state index is 12.1. The molecule has 2 aromatic rings. The van der Waals surface area contributed by atoms with E-state index in [1.807, 2.05) is 42.5 Å². The molecular formula is C19H19NO4S. The first-order valence-corrected chi connectivity index (χ1v) is 8.98. The smallest absolute Gasteiger partial charge is 0.407 e. The van der Waals surface area contributed by atoms with Crippen molar-refractivity contribution in [3.8, 4) is 0 Å². The molecule has 1 aliphatic heterocycles. The number of esters is 1. The van der Waals surface area contributed by atoms with Crippen molar-refractivity contribution in [1.82, 2.24) is 5.32 Å². The molecule has 6 heteroatoms. The minimum Gasteiger partial charge on any atom is -0.465 e. The first-order chi connectivity index (χ1) is 12.2. The maximum absolute atomic E-state index is 12.1. The third-order valence-electron chi connectivity index (χ3n) is 3.98. The fourth-order valence-electron chi connectivity index (χ4n) is 2.69. The number of rotatable bonds is 4. The molecule has 1 heterocycles. The highest BCUT2D eigenvalue weighted by Crippen LogP contribution is 2.36. The molecule has 2 aromatic carbocycles. The normalized spacial score (nSPS) is 15.8. The standard InChI is InChI=1S/C19H19NO4S/c1-23-18(21)14-7-8-15-16(9-10-25-17(15)11-14)20-19(22)24-12-13-5-3-2-4-6-13/h2-8,11,16H,9-10,12H2,1H3,(H,20,22)/t16-/m0/s1.